The van der Waals surface area contributed by atoms with Crippen molar-refractivity contribution >= 4 is 56.1 Å². The van der Waals surface area contributed by atoms with Crippen LogP contribution in [0.4, 0.5) is 33.4 Å². The van der Waals surface area contributed by atoms with Crippen LogP contribution in [0.2, 0.25) is 0 Å². The third kappa shape index (κ3) is 6.64. The molecule has 0 saturated carbocycles. The third-order valence-electron chi connectivity index (χ3n) is 8.69. The first-order chi connectivity index (χ1) is 24.1. The molecule has 0 radical (unpaired) electrons. The quantitative estimate of drug-likeness (QED) is 0.131. The lowest BCUT2D eigenvalue weighted by molar-refractivity contribution is -0.403. The summed E-state index contributed by atoms with van der Waals surface area (Å²) in [4.78, 5) is 7.38. The lowest BCUT2D eigenvalue weighted by Gasteiger charge is -2.20. The molecule has 1 N–H and O–H groups in total. The zero-order valence-electron chi connectivity index (χ0n) is 27.4. The zero-order valence-corrected chi connectivity index (χ0v) is 28.2. The number of allylic oxidation sites excluding steroid dienone is 5. The van der Waals surface area contributed by atoms with Gasteiger partial charge in [0.25, 0.3) is 0 Å². The molecule has 0 bridgehead atoms. The van der Waals surface area contributed by atoms with Crippen molar-refractivity contribution in [2.24, 2.45) is 0 Å². The van der Waals surface area contributed by atoms with Gasteiger partial charge in [-0.15, -0.1) is 11.3 Å². The van der Waals surface area contributed by atoms with E-state index in [-0.39, 0.29) is 0 Å². The molecule has 0 spiro atoms. The van der Waals surface area contributed by atoms with Gasteiger partial charge < -0.3 is 10.2 Å². The normalized spacial score (nSPS) is 12.0. The second-order valence-electron chi connectivity index (χ2n) is 11.7. The molecule has 5 heteroatoms. The van der Waals surface area contributed by atoms with E-state index in [2.05, 4.69) is 143 Å². The van der Waals surface area contributed by atoms with Crippen molar-refractivity contribution in [1.29, 1.82) is 0 Å². The summed E-state index contributed by atoms with van der Waals surface area (Å²) >= 11 is 1.63. The second-order valence-corrected chi connectivity index (χ2v) is 12.7. The fraction of sp³-hybridized carbons (Fsp3) is 0.0455. The summed E-state index contributed by atoms with van der Waals surface area (Å²) in [6.07, 6.45) is 8.75. The monoisotopic (exact) mass is 651 g/mol. The largest absolute Gasteiger partial charge is 0.356 e. The van der Waals surface area contributed by atoms with E-state index in [0.717, 1.165) is 66.2 Å². The van der Waals surface area contributed by atoms with Gasteiger partial charge >= 0.3 is 0 Å². The van der Waals surface area contributed by atoms with Crippen LogP contribution in [0.3, 0.4) is 0 Å². The molecule has 0 unspecified atom stereocenters. The van der Waals surface area contributed by atoms with Gasteiger partial charge in [0.1, 0.15) is 7.05 Å². The van der Waals surface area contributed by atoms with Gasteiger partial charge in [0.05, 0.1) is 11.6 Å². The molecule has 7 rings (SSSR count). The average molecular weight is 652 g/mol. The molecule has 0 amide bonds. The summed E-state index contributed by atoms with van der Waals surface area (Å²) in [5.41, 5.74) is 11.2. The maximum atomic E-state index is 8.39. The highest BCUT2D eigenvalue weighted by Crippen LogP contribution is 2.52. The predicted molar refractivity (Wildman–Crippen MR) is 208 cm³/mol. The molecule has 4 nitrogen and oxygen atoms in total. The maximum absolute atomic E-state index is 8.39. The van der Waals surface area contributed by atoms with Crippen molar-refractivity contribution in [3.8, 4) is 11.1 Å². The van der Waals surface area contributed by atoms with Crippen LogP contribution in [0.5, 0.6) is 0 Å². The maximum Gasteiger partial charge on any atom is 0.229 e. The van der Waals surface area contributed by atoms with E-state index in [1.807, 2.05) is 60.7 Å². The molecule has 0 saturated heterocycles. The van der Waals surface area contributed by atoms with E-state index in [4.69, 9.17) is 6.57 Å². The van der Waals surface area contributed by atoms with Gasteiger partial charge in [0.15, 0.2) is 0 Å². The molecule has 6 aromatic rings. The second kappa shape index (κ2) is 14.3. The number of hydrogen-bond acceptors (Lipinski definition) is 3. The Kier molecular flexibility index (Phi) is 9.14. The van der Waals surface area contributed by atoms with Crippen LogP contribution in [0.1, 0.15) is 10.4 Å². The summed E-state index contributed by atoms with van der Waals surface area (Å²) in [6, 6.07) is 49.9. The van der Waals surface area contributed by atoms with E-state index in [9.17, 15) is 0 Å². The predicted octanol–water partition coefficient (Wildman–Crippen LogP) is 11.8. The Morgan fingerprint density at radius 2 is 1.22 bits per heavy atom. The average Bonchev–Trinajstić information content (AvgIpc) is 3.53. The van der Waals surface area contributed by atoms with E-state index < -0.39 is 0 Å². The van der Waals surface area contributed by atoms with Crippen LogP contribution < -0.4 is 10.2 Å². The Labute approximate surface area is 292 Å². The van der Waals surface area contributed by atoms with Crippen LogP contribution in [-0.2, 0) is 0 Å². The molecular formula is C44H35N4S+. The number of thiophene rings is 1. The van der Waals surface area contributed by atoms with E-state index in [0.29, 0.717) is 5.69 Å². The topological polar surface area (TPSA) is 22.6 Å². The van der Waals surface area contributed by atoms with Crippen LogP contribution in [0, 0.1) is 6.57 Å². The van der Waals surface area contributed by atoms with Gasteiger partial charge in [-0.05, 0) is 65.3 Å². The lowest BCUT2D eigenvalue weighted by Crippen LogP contribution is -2.10. The highest BCUT2D eigenvalue weighted by Gasteiger charge is 2.25. The van der Waals surface area contributed by atoms with Gasteiger partial charge in [-0.25, -0.2) is 4.85 Å². The molecule has 0 fully saturated rings. The lowest BCUT2D eigenvalue weighted by atomic mass is 9.91. The van der Waals surface area contributed by atoms with Crippen LogP contribution in [0.25, 0.3) is 21.5 Å². The minimum atomic E-state index is 0.619. The molecule has 1 aromatic heterocycles. The van der Waals surface area contributed by atoms with Crippen LogP contribution in [0.15, 0.2) is 175 Å². The Morgan fingerprint density at radius 1 is 0.673 bits per heavy atom. The summed E-state index contributed by atoms with van der Waals surface area (Å²) in [6.45, 7) is 8.39. The molecular weight excluding hydrogens is 617 g/mol. The Balaban J connectivity index is 1.41. The summed E-state index contributed by atoms with van der Waals surface area (Å²) in [7, 11) is 4.18. The van der Waals surface area contributed by atoms with Crippen LogP contribution >= 0.6 is 11.3 Å². The minimum Gasteiger partial charge on any atom is -0.356 e. The Morgan fingerprint density at radius 3 is 1.84 bits per heavy atom. The van der Waals surface area contributed by atoms with Crippen molar-refractivity contribution in [1.82, 2.24) is 0 Å². The van der Waals surface area contributed by atoms with E-state index in [1.54, 1.807) is 11.3 Å². The first-order valence-corrected chi connectivity index (χ1v) is 17.0. The Hall–Kier alpha value is -6.22. The van der Waals surface area contributed by atoms with E-state index in [1.165, 1.54) is 0 Å². The number of nitrogens with one attached hydrogen (secondary N) is 1. The van der Waals surface area contributed by atoms with Crippen molar-refractivity contribution in [3.63, 3.8) is 0 Å². The van der Waals surface area contributed by atoms with Gasteiger partial charge in [-0.3, -0.25) is 0 Å². The van der Waals surface area contributed by atoms with Gasteiger partial charge in [0, 0.05) is 64.4 Å². The highest BCUT2D eigenvalue weighted by molar-refractivity contribution is 7.18. The fourth-order valence-electron chi connectivity index (χ4n) is 6.05. The van der Waals surface area contributed by atoms with E-state index >= 15 is 0 Å². The number of hydrogen-bond donors (Lipinski definition) is 1. The molecule has 5 aromatic carbocycles. The molecule has 49 heavy (non-hydrogen) atoms. The van der Waals surface area contributed by atoms with Crippen molar-refractivity contribution < 1.29 is 4.58 Å². The summed E-state index contributed by atoms with van der Waals surface area (Å²) in [5.74, 6) is 0. The third-order valence-corrected chi connectivity index (χ3v) is 9.80. The number of para-hydroxylation sites is 3. The number of rotatable bonds is 8. The SMILES string of the molecule is [C-]#[N+]c1c(Nc2ccccc2)sc(C(=C2C=CC(=[N+](C)c3ccccc3)C=C2)c2ccc(N(C)c3ccccc3)cc2)c1-c1ccccc1. The summed E-state index contributed by atoms with van der Waals surface area (Å²) < 4.78 is 2.19. The molecule has 1 aliphatic rings. The van der Waals surface area contributed by atoms with Gasteiger partial charge in [0.2, 0.25) is 17.1 Å². The van der Waals surface area contributed by atoms with Crippen molar-refractivity contribution in [3.05, 3.63) is 197 Å². The zero-order chi connectivity index (χ0) is 33.6. The minimum absolute atomic E-state index is 0.619. The number of benzene rings is 5. The Bertz CT molecular complexity index is 2220. The molecule has 1 heterocycles. The summed E-state index contributed by atoms with van der Waals surface area (Å²) in [5, 5.41) is 4.40. The molecule has 1 aliphatic carbocycles. The molecule has 0 aliphatic heterocycles. The number of anilines is 4. The molecule has 236 valence electrons. The van der Waals surface area contributed by atoms with Gasteiger partial charge in [-0.1, -0.05) is 97.1 Å². The number of nitrogens with zero attached hydrogens (tertiary/aromatic N) is 3. The smallest absolute Gasteiger partial charge is 0.229 e. The highest BCUT2D eigenvalue weighted by atomic mass is 32.1. The first-order valence-electron chi connectivity index (χ1n) is 16.2. The first kappa shape index (κ1) is 31.4. The van der Waals surface area contributed by atoms with Gasteiger partial charge in [-0.2, -0.15) is 4.58 Å². The van der Waals surface area contributed by atoms with Crippen molar-refractivity contribution in [2.45, 2.75) is 0 Å². The van der Waals surface area contributed by atoms with Crippen molar-refractivity contribution in [2.75, 3.05) is 24.3 Å². The molecule has 0 atom stereocenters. The standard InChI is InChI=1S/C44H34N4S/c1-45-42-41(32-16-8-4-9-17-32)43(49-44(42)46-35-18-10-5-11-19-35)40(33-24-28-38(29-25-33)47(2)36-20-12-6-13-21-36)34-26-30-39(31-27-34)48(3)37-22-14-7-15-23-37/h4-31H,2-3H3/p+1. The fourth-order valence-corrected chi connectivity index (χ4v) is 7.32. The van der Waals surface area contributed by atoms with Crippen LogP contribution in [-0.4, -0.2) is 24.4 Å².